The van der Waals surface area contributed by atoms with Crippen LogP contribution in [-0.2, 0) is 27.9 Å². The molecular formula is C41H79O12P. The Morgan fingerprint density at radius 1 is 0.574 bits per heavy atom. The van der Waals surface area contributed by atoms with Crippen molar-refractivity contribution < 1.29 is 58.3 Å². The second-order valence-corrected chi connectivity index (χ2v) is 16.6. The van der Waals surface area contributed by atoms with Crippen LogP contribution < -0.4 is 0 Å². The molecule has 0 amide bonds. The molecule has 0 aromatic carbocycles. The van der Waals surface area contributed by atoms with Crippen LogP contribution in [-0.4, -0.2) is 98.9 Å². The van der Waals surface area contributed by atoms with E-state index in [9.17, 15) is 39.8 Å². The number of phosphoric acid groups is 1. The second-order valence-electron chi connectivity index (χ2n) is 15.2. The molecule has 320 valence electrons. The number of phosphoric ester groups is 1. The Labute approximate surface area is 327 Å². The summed E-state index contributed by atoms with van der Waals surface area (Å²) >= 11 is 0. The van der Waals surface area contributed by atoms with E-state index in [0.717, 1.165) is 44.9 Å². The zero-order valence-corrected chi connectivity index (χ0v) is 34.7. The summed E-state index contributed by atoms with van der Waals surface area (Å²) in [5, 5.41) is 49.9. The number of carbonyl (C=O) groups is 1. The standard InChI is InChI=1S/C41H79O12P/c1-3-5-7-9-11-12-13-14-15-16-17-18-19-20-21-22-23-25-27-29-31-50-32-34(52-35(42)30-28-26-24-10-8-6-4-2)33-51-54(48,49)53-41-39(46)37(44)36(43)38(45)40(41)47/h14-15,34,36-41,43-47H,3-13,16-33H2,1-2H3,(H,48,49)/b15-14-. The molecule has 0 aromatic heterocycles. The van der Waals surface area contributed by atoms with Crippen LogP contribution in [0.4, 0.5) is 0 Å². The van der Waals surface area contributed by atoms with Gasteiger partial charge in [0.25, 0.3) is 0 Å². The van der Waals surface area contributed by atoms with Gasteiger partial charge in [-0.1, -0.05) is 148 Å². The number of hydrogen-bond acceptors (Lipinski definition) is 11. The van der Waals surface area contributed by atoms with Gasteiger partial charge in [0, 0.05) is 13.0 Å². The molecule has 1 aliphatic rings. The van der Waals surface area contributed by atoms with Crippen LogP contribution in [0.1, 0.15) is 181 Å². The summed E-state index contributed by atoms with van der Waals surface area (Å²) in [6.07, 6.45) is 21.8. The maximum atomic E-state index is 12.7. The highest BCUT2D eigenvalue weighted by atomic mass is 31.2. The molecule has 12 nitrogen and oxygen atoms in total. The summed E-state index contributed by atoms with van der Waals surface area (Å²) in [6, 6.07) is 0. The zero-order valence-electron chi connectivity index (χ0n) is 33.8. The van der Waals surface area contributed by atoms with Crippen molar-refractivity contribution in [2.75, 3.05) is 19.8 Å². The number of esters is 1. The maximum absolute atomic E-state index is 12.7. The lowest BCUT2D eigenvalue weighted by Gasteiger charge is -2.41. The third-order valence-corrected chi connectivity index (χ3v) is 11.1. The van der Waals surface area contributed by atoms with Gasteiger partial charge >= 0.3 is 13.8 Å². The first-order chi connectivity index (χ1) is 26.0. The van der Waals surface area contributed by atoms with Crippen LogP contribution in [0.15, 0.2) is 12.2 Å². The molecule has 0 spiro atoms. The molecule has 6 N–H and O–H groups in total. The molecule has 1 saturated carbocycles. The van der Waals surface area contributed by atoms with E-state index >= 15 is 0 Å². The summed E-state index contributed by atoms with van der Waals surface area (Å²) in [7, 11) is -5.00. The minimum absolute atomic E-state index is 0.0734. The number of aliphatic hydroxyl groups is 5. The van der Waals surface area contributed by atoms with Gasteiger partial charge in [-0.05, 0) is 38.5 Å². The number of unbranched alkanes of at least 4 members (excludes halogenated alkanes) is 22. The van der Waals surface area contributed by atoms with Crippen molar-refractivity contribution in [1.29, 1.82) is 0 Å². The molecule has 0 aliphatic heterocycles. The Bertz CT molecular complexity index is 952. The largest absolute Gasteiger partial charge is 0.472 e. The number of ether oxygens (including phenoxy) is 2. The molecule has 1 aliphatic carbocycles. The van der Waals surface area contributed by atoms with Gasteiger partial charge in [0.1, 0.15) is 42.7 Å². The first-order valence-electron chi connectivity index (χ1n) is 21.5. The van der Waals surface area contributed by atoms with Crippen molar-refractivity contribution >= 4 is 13.8 Å². The molecule has 1 rings (SSSR count). The molecular weight excluding hydrogens is 715 g/mol. The average molecular weight is 795 g/mol. The first kappa shape index (κ1) is 51.1. The second kappa shape index (κ2) is 33.1. The van der Waals surface area contributed by atoms with Gasteiger partial charge in [0.05, 0.1) is 13.2 Å². The van der Waals surface area contributed by atoms with Gasteiger partial charge in [0.2, 0.25) is 0 Å². The van der Waals surface area contributed by atoms with Gasteiger partial charge in [-0.15, -0.1) is 0 Å². The zero-order chi connectivity index (χ0) is 39.9. The van der Waals surface area contributed by atoms with Gasteiger partial charge < -0.3 is 39.9 Å². The van der Waals surface area contributed by atoms with Crippen LogP contribution in [0.5, 0.6) is 0 Å². The molecule has 0 bridgehead atoms. The number of carbonyl (C=O) groups excluding carboxylic acids is 1. The molecule has 0 saturated heterocycles. The summed E-state index contributed by atoms with van der Waals surface area (Å²) < 4.78 is 34.0. The van der Waals surface area contributed by atoms with E-state index < -0.39 is 63.1 Å². The van der Waals surface area contributed by atoms with Gasteiger partial charge in [0.15, 0.2) is 0 Å². The molecule has 13 heteroatoms. The first-order valence-corrected chi connectivity index (χ1v) is 23.0. The van der Waals surface area contributed by atoms with Crippen LogP contribution in [0, 0.1) is 0 Å². The SMILES string of the molecule is CCCCCCCC/C=C\CCCCCCCCCCCCOCC(COP(=O)(O)OC1C(O)C(O)C(O)C(O)C1O)OC(=O)CCCCCCCCC. The van der Waals surface area contributed by atoms with Crippen LogP contribution in [0.2, 0.25) is 0 Å². The van der Waals surface area contributed by atoms with Crippen molar-refractivity contribution in [3.63, 3.8) is 0 Å². The average Bonchev–Trinajstić information content (AvgIpc) is 3.15. The molecule has 54 heavy (non-hydrogen) atoms. The number of allylic oxidation sites excluding steroid dienone is 2. The summed E-state index contributed by atoms with van der Waals surface area (Å²) in [5.74, 6) is -0.483. The molecule has 0 aromatic rings. The van der Waals surface area contributed by atoms with E-state index in [1.807, 2.05) is 0 Å². The van der Waals surface area contributed by atoms with Crippen molar-refractivity contribution in [3.05, 3.63) is 12.2 Å². The van der Waals surface area contributed by atoms with Gasteiger partial charge in [-0.2, -0.15) is 0 Å². The Hall–Kier alpha value is -0.920. The number of rotatable bonds is 36. The van der Waals surface area contributed by atoms with Crippen molar-refractivity contribution in [1.82, 2.24) is 0 Å². The van der Waals surface area contributed by atoms with Crippen LogP contribution >= 0.6 is 7.82 Å². The van der Waals surface area contributed by atoms with Crippen molar-refractivity contribution in [2.24, 2.45) is 0 Å². The Morgan fingerprint density at radius 3 is 1.46 bits per heavy atom. The third-order valence-electron chi connectivity index (χ3n) is 10.1. The van der Waals surface area contributed by atoms with E-state index in [4.69, 9.17) is 18.5 Å². The highest BCUT2D eigenvalue weighted by Crippen LogP contribution is 2.47. The lowest BCUT2D eigenvalue weighted by atomic mass is 9.85. The number of hydrogen-bond donors (Lipinski definition) is 6. The topological polar surface area (TPSA) is 192 Å². The van der Waals surface area contributed by atoms with E-state index in [-0.39, 0.29) is 13.0 Å². The smallest absolute Gasteiger partial charge is 0.457 e. The third kappa shape index (κ3) is 25.4. The fourth-order valence-corrected chi connectivity index (χ4v) is 7.62. The lowest BCUT2D eigenvalue weighted by molar-refractivity contribution is -0.220. The monoisotopic (exact) mass is 795 g/mol. The minimum Gasteiger partial charge on any atom is -0.457 e. The summed E-state index contributed by atoms with van der Waals surface area (Å²) in [4.78, 5) is 22.9. The Kier molecular flexibility index (Phi) is 31.3. The van der Waals surface area contributed by atoms with Crippen LogP contribution in [0.25, 0.3) is 0 Å². The van der Waals surface area contributed by atoms with E-state index in [2.05, 4.69) is 26.0 Å². The predicted molar refractivity (Wildman–Crippen MR) is 212 cm³/mol. The van der Waals surface area contributed by atoms with E-state index in [0.29, 0.717) is 13.0 Å². The Morgan fingerprint density at radius 2 is 0.981 bits per heavy atom. The molecule has 1 fully saturated rings. The highest BCUT2D eigenvalue weighted by molar-refractivity contribution is 7.47. The molecule has 6 atom stereocenters. The van der Waals surface area contributed by atoms with E-state index in [1.165, 1.54) is 109 Å². The van der Waals surface area contributed by atoms with E-state index in [1.54, 1.807) is 0 Å². The van der Waals surface area contributed by atoms with Gasteiger partial charge in [-0.3, -0.25) is 13.8 Å². The fourth-order valence-electron chi connectivity index (χ4n) is 6.64. The minimum atomic E-state index is -5.00. The van der Waals surface area contributed by atoms with Gasteiger partial charge in [-0.25, -0.2) is 4.57 Å². The summed E-state index contributed by atoms with van der Waals surface area (Å²) in [5.41, 5.74) is 0. The van der Waals surface area contributed by atoms with Crippen LogP contribution in [0.3, 0.4) is 0 Å². The summed E-state index contributed by atoms with van der Waals surface area (Å²) in [6.45, 7) is 4.19. The maximum Gasteiger partial charge on any atom is 0.472 e. The molecule has 0 radical (unpaired) electrons. The molecule has 0 heterocycles. The Balaban J connectivity index is 2.31. The van der Waals surface area contributed by atoms with Crippen molar-refractivity contribution in [3.8, 4) is 0 Å². The predicted octanol–water partition coefficient (Wildman–Crippen LogP) is 7.97. The lowest BCUT2D eigenvalue weighted by Crippen LogP contribution is -2.64. The number of aliphatic hydroxyl groups excluding tert-OH is 5. The molecule has 6 unspecified atom stereocenters. The highest BCUT2D eigenvalue weighted by Gasteiger charge is 2.51. The quantitative estimate of drug-likeness (QED) is 0.0155. The normalized spacial score (nSPS) is 23.5. The van der Waals surface area contributed by atoms with Crippen molar-refractivity contribution in [2.45, 2.75) is 224 Å². The fraction of sp³-hybridized carbons (Fsp3) is 0.927.